The van der Waals surface area contributed by atoms with Gasteiger partial charge in [-0.15, -0.1) is 0 Å². The van der Waals surface area contributed by atoms with Crippen molar-refractivity contribution < 1.29 is 27.8 Å². The van der Waals surface area contributed by atoms with Crippen LogP contribution in [0.25, 0.3) is 0 Å². The van der Waals surface area contributed by atoms with Gasteiger partial charge in [0, 0.05) is 11.8 Å². The van der Waals surface area contributed by atoms with E-state index in [1.807, 2.05) is 0 Å². The van der Waals surface area contributed by atoms with Crippen LogP contribution in [0.15, 0.2) is 65.3 Å². The van der Waals surface area contributed by atoms with Gasteiger partial charge >= 0.3 is 6.18 Å². The predicted molar refractivity (Wildman–Crippen MR) is 108 cm³/mol. The molecule has 170 valence electrons. The number of nitrogens with one attached hydrogen (secondary N) is 4. The molecule has 4 rings (SSSR count). The van der Waals surface area contributed by atoms with Gasteiger partial charge in [0.05, 0.1) is 31.2 Å². The molecule has 0 aliphatic carbocycles. The number of halogens is 3. The molecule has 12 heteroatoms. The summed E-state index contributed by atoms with van der Waals surface area (Å²) >= 11 is 0. The van der Waals surface area contributed by atoms with Crippen LogP contribution in [0.3, 0.4) is 0 Å². The molecule has 3 heterocycles. The van der Waals surface area contributed by atoms with Gasteiger partial charge in [-0.3, -0.25) is 10.1 Å². The summed E-state index contributed by atoms with van der Waals surface area (Å²) in [6.45, 7) is 0.315. The smallest absolute Gasteiger partial charge is 0.394 e. The van der Waals surface area contributed by atoms with E-state index in [-0.39, 0.29) is 30.2 Å². The average Bonchev–Trinajstić information content (AvgIpc) is 3.21. The molecule has 1 aromatic carbocycles. The zero-order valence-electron chi connectivity index (χ0n) is 16.7. The fraction of sp³-hybridized carbons (Fsp3) is 0.300. The lowest BCUT2D eigenvalue weighted by atomic mass is 10.0. The number of carbonyl (C=O) groups excluding carboxylic acids is 1. The second-order valence-corrected chi connectivity index (χ2v) is 6.98. The van der Waals surface area contributed by atoms with E-state index in [4.69, 9.17) is 9.84 Å². The van der Waals surface area contributed by atoms with Crippen molar-refractivity contribution in [1.82, 2.24) is 26.3 Å². The lowest BCUT2D eigenvalue weighted by Crippen LogP contribution is -2.48. The lowest BCUT2D eigenvalue weighted by molar-refractivity contribution is -0.137. The van der Waals surface area contributed by atoms with Gasteiger partial charge in [-0.05, 0) is 24.3 Å². The number of allylic oxidation sites excluding steroid dienone is 1. The molecule has 32 heavy (non-hydrogen) atoms. The van der Waals surface area contributed by atoms with Gasteiger partial charge in [-0.2, -0.15) is 18.3 Å². The van der Waals surface area contributed by atoms with E-state index in [1.165, 1.54) is 35.5 Å². The van der Waals surface area contributed by atoms with E-state index in [2.05, 4.69) is 26.4 Å². The molecular formula is C20H21F3N6O3. The van der Waals surface area contributed by atoms with Crippen LogP contribution in [0.1, 0.15) is 11.1 Å². The van der Waals surface area contributed by atoms with Gasteiger partial charge in [0.2, 0.25) is 0 Å². The summed E-state index contributed by atoms with van der Waals surface area (Å²) in [7, 11) is 0. The molecular weight excluding hydrogens is 429 g/mol. The van der Waals surface area contributed by atoms with Crippen molar-refractivity contribution in [3.8, 4) is 0 Å². The van der Waals surface area contributed by atoms with Crippen LogP contribution in [0.2, 0.25) is 0 Å². The number of hydrogen-bond donors (Lipinski definition) is 5. The molecule has 2 atom stereocenters. The Morgan fingerprint density at radius 1 is 1.34 bits per heavy atom. The van der Waals surface area contributed by atoms with E-state index in [0.29, 0.717) is 12.5 Å². The Morgan fingerprint density at radius 3 is 2.94 bits per heavy atom. The lowest BCUT2D eigenvalue weighted by Gasteiger charge is -2.27. The summed E-state index contributed by atoms with van der Waals surface area (Å²) in [6.07, 6.45) is 0.651. The van der Waals surface area contributed by atoms with Crippen LogP contribution in [-0.2, 0) is 15.7 Å². The highest BCUT2D eigenvalue weighted by Gasteiger charge is 2.36. The molecule has 0 bridgehead atoms. The Kier molecular flexibility index (Phi) is 6.17. The highest BCUT2D eigenvalue weighted by Crippen LogP contribution is 2.33. The standard InChI is InChI=1S/C20H21F3N6O3/c21-20(22,23)13-4-2-1-3-12(13)14-5-6-17-24-10-15(29(17)28-14)19(31)27-16-9-18(26-11-25-16)32-8-7-30/h1-6,9-10,17-18,24-26,30H,7-8,11H2,(H,27,31). The fourth-order valence-corrected chi connectivity index (χ4v) is 3.38. The average molecular weight is 450 g/mol. The Hall–Kier alpha value is -3.35. The number of amides is 1. The first kappa shape index (κ1) is 21.9. The minimum atomic E-state index is -4.54. The number of ether oxygens (including phenoxy) is 1. The Morgan fingerprint density at radius 2 is 2.16 bits per heavy atom. The zero-order valence-corrected chi connectivity index (χ0v) is 16.7. The quantitative estimate of drug-likeness (QED) is 0.429. The van der Waals surface area contributed by atoms with Crippen molar-refractivity contribution in [2.45, 2.75) is 18.6 Å². The van der Waals surface area contributed by atoms with E-state index >= 15 is 0 Å². The van der Waals surface area contributed by atoms with Crippen LogP contribution in [0.4, 0.5) is 13.2 Å². The number of hydrogen-bond acceptors (Lipinski definition) is 8. The third kappa shape index (κ3) is 4.61. The van der Waals surface area contributed by atoms with Crippen LogP contribution < -0.4 is 21.3 Å². The van der Waals surface area contributed by atoms with Crippen molar-refractivity contribution in [2.24, 2.45) is 5.10 Å². The number of rotatable bonds is 6. The maximum absolute atomic E-state index is 13.4. The normalized spacial score (nSPS) is 22.2. The summed E-state index contributed by atoms with van der Waals surface area (Å²) < 4.78 is 45.6. The molecule has 0 spiro atoms. The number of alkyl halides is 3. The molecule has 1 amide bonds. The van der Waals surface area contributed by atoms with Crippen molar-refractivity contribution in [2.75, 3.05) is 19.9 Å². The van der Waals surface area contributed by atoms with Gasteiger partial charge in [-0.25, -0.2) is 5.01 Å². The number of hydrazone groups is 1. The monoisotopic (exact) mass is 450 g/mol. The van der Waals surface area contributed by atoms with Gasteiger partial charge < -0.3 is 25.8 Å². The third-order valence-corrected chi connectivity index (χ3v) is 4.83. The third-order valence-electron chi connectivity index (χ3n) is 4.83. The minimum absolute atomic E-state index is 0.0760. The summed E-state index contributed by atoms with van der Waals surface area (Å²) in [4.78, 5) is 12.8. The van der Waals surface area contributed by atoms with Gasteiger partial charge in [0.25, 0.3) is 5.91 Å². The van der Waals surface area contributed by atoms with Crippen molar-refractivity contribution in [3.63, 3.8) is 0 Å². The first-order valence-electron chi connectivity index (χ1n) is 9.78. The van der Waals surface area contributed by atoms with E-state index in [0.717, 1.165) is 6.07 Å². The highest BCUT2D eigenvalue weighted by atomic mass is 19.4. The van der Waals surface area contributed by atoms with E-state index in [9.17, 15) is 18.0 Å². The number of aliphatic hydroxyl groups is 1. The summed E-state index contributed by atoms with van der Waals surface area (Å²) in [5, 5.41) is 26.1. The van der Waals surface area contributed by atoms with Gasteiger partial charge in [0.1, 0.15) is 23.9 Å². The topological polar surface area (TPSA) is 110 Å². The van der Waals surface area contributed by atoms with E-state index < -0.39 is 30.0 Å². The van der Waals surface area contributed by atoms with Gasteiger partial charge in [-0.1, -0.05) is 18.2 Å². The molecule has 1 aromatic rings. The van der Waals surface area contributed by atoms with Crippen LogP contribution in [0.5, 0.6) is 0 Å². The zero-order chi connectivity index (χ0) is 22.7. The molecule has 0 aromatic heterocycles. The molecule has 0 radical (unpaired) electrons. The van der Waals surface area contributed by atoms with Crippen LogP contribution in [-0.4, -0.2) is 54.0 Å². The summed E-state index contributed by atoms with van der Waals surface area (Å²) in [5.74, 6) is -0.121. The number of fused-ring (bicyclic) bond motifs is 1. The molecule has 3 aliphatic rings. The number of nitrogens with zero attached hydrogens (tertiary/aromatic N) is 2. The molecule has 2 unspecified atom stereocenters. The molecule has 3 aliphatic heterocycles. The first-order valence-corrected chi connectivity index (χ1v) is 9.78. The second-order valence-electron chi connectivity index (χ2n) is 6.98. The van der Waals surface area contributed by atoms with Crippen molar-refractivity contribution >= 4 is 11.6 Å². The SMILES string of the molecule is O=C(NC1=CC(OCCO)NCN1)C1=CNC2C=CC(c3ccccc3C(F)(F)F)=NN12. The molecule has 0 fully saturated rings. The molecule has 0 saturated carbocycles. The summed E-state index contributed by atoms with van der Waals surface area (Å²) in [5.41, 5.74) is -0.654. The maximum atomic E-state index is 13.4. The number of aliphatic hydroxyl groups excluding tert-OH is 1. The van der Waals surface area contributed by atoms with Crippen molar-refractivity contribution in [1.29, 1.82) is 0 Å². The predicted octanol–water partition coefficient (Wildman–Crippen LogP) is 0.495. The van der Waals surface area contributed by atoms with Crippen LogP contribution >= 0.6 is 0 Å². The number of carbonyl (C=O) groups is 1. The Balaban J connectivity index is 1.52. The van der Waals surface area contributed by atoms with Crippen LogP contribution in [0, 0.1) is 0 Å². The van der Waals surface area contributed by atoms with Crippen molar-refractivity contribution in [3.05, 3.63) is 71.3 Å². The van der Waals surface area contributed by atoms with E-state index in [1.54, 1.807) is 12.2 Å². The second kappa shape index (κ2) is 9.02. The first-order chi connectivity index (χ1) is 15.4. The fourth-order valence-electron chi connectivity index (χ4n) is 3.38. The summed E-state index contributed by atoms with van der Waals surface area (Å²) in [6, 6.07) is 5.16. The largest absolute Gasteiger partial charge is 0.417 e. The minimum Gasteiger partial charge on any atom is -0.394 e. The van der Waals surface area contributed by atoms with Gasteiger partial charge in [0.15, 0.2) is 0 Å². The highest BCUT2D eigenvalue weighted by molar-refractivity contribution is 6.10. The molecule has 9 nitrogen and oxygen atoms in total. The molecule has 5 N–H and O–H groups in total. The number of benzene rings is 1. The maximum Gasteiger partial charge on any atom is 0.417 e. The Labute approximate surface area is 181 Å². The molecule has 0 saturated heterocycles. The Bertz CT molecular complexity index is 1000.